The highest BCUT2D eigenvalue weighted by Gasteiger charge is 2.21. The summed E-state index contributed by atoms with van der Waals surface area (Å²) in [6.07, 6.45) is 2.57. The Hall–Kier alpha value is -2.35. The molecular formula is C19H25BrN4O3. The summed E-state index contributed by atoms with van der Waals surface area (Å²) < 4.78 is 0.899. The van der Waals surface area contributed by atoms with Crippen LogP contribution >= 0.6 is 15.9 Å². The van der Waals surface area contributed by atoms with Gasteiger partial charge in [0.25, 0.3) is 0 Å². The molecule has 2 amide bonds. The standard InChI is InChI=1S/C19H25BrN4O3/c1-3-7-24(9-4-8-23(2)19(26)27)18(25)14-10-13-5-6-15(20)12-16(13)22-17(21)11-14/h5-6,10,12H,3-4,7-9,11H2,1-2H3,(H2,21,22)(H,26,27). The lowest BCUT2D eigenvalue weighted by Crippen LogP contribution is -2.36. The van der Waals surface area contributed by atoms with Crippen LogP contribution in [-0.4, -0.2) is 59.4 Å². The van der Waals surface area contributed by atoms with Crippen molar-refractivity contribution in [3.63, 3.8) is 0 Å². The van der Waals surface area contributed by atoms with E-state index in [-0.39, 0.29) is 5.91 Å². The fourth-order valence-corrected chi connectivity index (χ4v) is 3.23. The van der Waals surface area contributed by atoms with E-state index in [2.05, 4.69) is 20.9 Å². The molecule has 1 heterocycles. The van der Waals surface area contributed by atoms with Crippen LogP contribution < -0.4 is 5.73 Å². The van der Waals surface area contributed by atoms with Crippen molar-refractivity contribution in [3.8, 4) is 0 Å². The van der Waals surface area contributed by atoms with Gasteiger partial charge in [-0.05, 0) is 31.1 Å². The van der Waals surface area contributed by atoms with E-state index in [1.165, 1.54) is 11.9 Å². The summed E-state index contributed by atoms with van der Waals surface area (Å²) in [5, 5.41) is 8.94. The Labute approximate surface area is 167 Å². The number of hydrogen-bond donors (Lipinski definition) is 2. The molecule has 0 aromatic heterocycles. The molecule has 0 unspecified atom stereocenters. The van der Waals surface area contributed by atoms with Crippen LogP contribution in [0, 0.1) is 0 Å². The normalized spacial score (nSPS) is 13.1. The molecule has 0 bridgehead atoms. The molecule has 0 atom stereocenters. The van der Waals surface area contributed by atoms with E-state index in [0.717, 1.165) is 22.1 Å². The molecule has 27 heavy (non-hydrogen) atoms. The highest BCUT2D eigenvalue weighted by molar-refractivity contribution is 9.10. The van der Waals surface area contributed by atoms with Crippen LogP contribution in [0.1, 0.15) is 31.7 Å². The highest BCUT2D eigenvalue weighted by atomic mass is 79.9. The minimum atomic E-state index is -0.971. The number of fused-ring (bicyclic) bond motifs is 1. The minimum absolute atomic E-state index is 0.0799. The Kier molecular flexibility index (Phi) is 7.41. The monoisotopic (exact) mass is 436 g/mol. The Balaban J connectivity index is 2.17. The van der Waals surface area contributed by atoms with Crippen molar-refractivity contribution in [2.24, 2.45) is 10.7 Å². The number of carbonyl (C=O) groups is 2. The summed E-state index contributed by atoms with van der Waals surface area (Å²) in [6.45, 7) is 3.49. The zero-order chi connectivity index (χ0) is 20.0. The van der Waals surface area contributed by atoms with Gasteiger partial charge in [0.1, 0.15) is 5.84 Å². The number of carboxylic acid groups (broad SMARTS) is 1. The number of aliphatic imine (C=N–C) groups is 1. The molecule has 0 radical (unpaired) electrons. The van der Waals surface area contributed by atoms with E-state index in [0.29, 0.717) is 43.9 Å². The second-order valence-electron chi connectivity index (χ2n) is 6.50. The lowest BCUT2D eigenvalue weighted by molar-refractivity contribution is -0.127. The summed E-state index contributed by atoms with van der Waals surface area (Å²) in [5.41, 5.74) is 8.20. The first-order chi connectivity index (χ1) is 12.8. The van der Waals surface area contributed by atoms with Crippen LogP contribution in [0.15, 0.2) is 33.2 Å². The summed E-state index contributed by atoms with van der Waals surface area (Å²) in [7, 11) is 1.52. The number of rotatable bonds is 7. The lowest BCUT2D eigenvalue weighted by atomic mass is 10.1. The van der Waals surface area contributed by atoms with Crippen LogP contribution in [0.2, 0.25) is 0 Å². The summed E-state index contributed by atoms with van der Waals surface area (Å²) >= 11 is 3.42. The van der Waals surface area contributed by atoms with Gasteiger partial charge in [-0.2, -0.15) is 0 Å². The van der Waals surface area contributed by atoms with Gasteiger partial charge in [-0.25, -0.2) is 9.79 Å². The van der Waals surface area contributed by atoms with Crippen molar-refractivity contribution in [1.29, 1.82) is 0 Å². The summed E-state index contributed by atoms with van der Waals surface area (Å²) in [5.74, 6) is 0.317. The SMILES string of the molecule is CCCN(CCCN(C)C(=O)O)C(=O)C1=Cc2ccc(Br)cc2N=C(N)C1. The second kappa shape index (κ2) is 9.55. The van der Waals surface area contributed by atoms with Gasteiger partial charge < -0.3 is 20.6 Å². The van der Waals surface area contributed by atoms with Crippen molar-refractivity contribution in [1.82, 2.24) is 9.80 Å². The molecule has 8 heteroatoms. The zero-order valence-electron chi connectivity index (χ0n) is 15.6. The first kappa shape index (κ1) is 21.0. The fraction of sp³-hybridized carbons (Fsp3) is 0.421. The topological polar surface area (TPSA) is 99.2 Å². The number of halogens is 1. The van der Waals surface area contributed by atoms with Gasteiger partial charge >= 0.3 is 6.09 Å². The summed E-state index contributed by atoms with van der Waals surface area (Å²) in [4.78, 5) is 31.4. The Morgan fingerprint density at radius 1 is 1.30 bits per heavy atom. The maximum Gasteiger partial charge on any atom is 0.407 e. The number of nitrogens with zero attached hydrogens (tertiary/aromatic N) is 3. The van der Waals surface area contributed by atoms with Crippen molar-refractivity contribution in [2.45, 2.75) is 26.2 Å². The molecule has 0 saturated carbocycles. The molecule has 7 nitrogen and oxygen atoms in total. The largest absolute Gasteiger partial charge is 0.465 e. The van der Waals surface area contributed by atoms with Crippen LogP contribution in [0.3, 0.4) is 0 Å². The fourth-order valence-electron chi connectivity index (χ4n) is 2.88. The molecule has 0 spiro atoms. The van der Waals surface area contributed by atoms with Gasteiger partial charge in [0.2, 0.25) is 5.91 Å². The van der Waals surface area contributed by atoms with E-state index >= 15 is 0 Å². The van der Waals surface area contributed by atoms with Crippen LogP contribution in [0.5, 0.6) is 0 Å². The third-order valence-corrected chi connectivity index (χ3v) is 4.75. The van der Waals surface area contributed by atoms with Crippen LogP contribution in [0.25, 0.3) is 6.08 Å². The van der Waals surface area contributed by atoms with Gasteiger partial charge in [0.15, 0.2) is 0 Å². The minimum Gasteiger partial charge on any atom is -0.465 e. The van der Waals surface area contributed by atoms with E-state index < -0.39 is 6.09 Å². The van der Waals surface area contributed by atoms with Crippen LogP contribution in [-0.2, 0) is 4.79 Å². The lowest BCUT2D eigenvalue weighted by Gasteiger charge is -2.24. The van der Waals surface area contributed by atoms with Gasteiger partial charge in [-0.15, -0.1) is 0 Å². The average molecular weight is 437 g/mol. The quantitative estimate of drug-likeness (QED) is 0.683. The number of amides is 2. The Bertz CT molecular complexity index is 776. The smallest absolute Gasteiger partial charge is 0.407 e. The molecule has 1 aliphatic rings. The molecule has 146 valence electrons. The highest BCUT2D eigenvalue weighted by Crippen LogP contribution is 2.30. The zero-order valence-corrected chi connectivity index (χ0v) is 17.2. The van der Waals surface area contributed by atoms with E-state index in [1.807, 2.05) is 31.2 Å². The van der Waals surface area contributed by atoms with Crippen LogP contribution in [0.4, 0.5) is 10.5 Å². The molecule has 0 fully saturated rings. The number of carbonyl (C=O) groups excluding carboxylic acids is 1. The molecule has 2 rings (SSSR count). The molecule has 1 aromatic carbocycles. The Morgan fingerprint density at radius 2 is 2.04 bits per heavy atom. The first-order valence-electron chi connectivity index (χ1n) is 8.88. The summed E-state index contributed by atoms with van der Waals surface area (Å²) in [6, 6.07) is 5.68. The molecule has 1 aromatic rings. The van der Waals surface area contributed by atoms with Crippen molar-refractivity contribution in [2.75, 3.05) is 26.7 Å². The van der Waals surface area contributed by atoms with Crippen molar-refractivity contribution < 1.29 is 14.7 Å². The third kappa shape index (κ3) is 5.82. The second-order valence-corrected chi connectivity index (χ2v) is 7.42. The first-order valence-corrected chi connectivity index (χ1v) is 9.67. The maximum absolute atomic E-state index is 13.1. The Morgan fingerprint density at radius 3 is 2.70 bits per heavy atom. The third-order valence-electron chi connectivity index (χ3n) is 4.26. The van der Waals surface area contributed by atoms with Gasteiger partial charge in [-0.1, -0.05) is 28.9 Å². The van der Waals surface area contributed by atoms with E-state index in [9.17, 15) is 9.59 Å². The number of benzene rings is 1. The number of nitrogens with two attached hydrogens (primary N) is 1. The number of amidine groups is 1. The van der Waals surface area contributed by atoms with Crippen molar-refractivity contribution >= 4 is 45.5 Å². The van der Waals surface area contributed by atoms with Gasteiger partial charge in [-0.3, -0.25) is 4.79 Å². The number of hydrogen-bond acceptors (Lipinski definition) is 4. The predicted molar refractivity (Wildman–Crippen MR) is 110 cm³/mol. The molecular weight excluding hydrogens is 412 g/mol. The van der Waals surface area contributed by atoms with Gasteiger partial charge in [0, 0.05) is 48.7 Å². The van der Waals surface area contributed by atoms with E-state index in [1.54, 1.807) is 4.90 Å². The maximum atomic E-state index is 13.1. The predicted octanol–water partition coefficient (Wildman–Crippen LogP) is 3.46. The van der Waals surface area contributed by atoms with Gasteiger partial charge in [0.05, 0.1) is 5.69 Å². The molecule has 3 N–H and O–H groups in total. The molecule has 1 aliphatic heterocycles. The van der Waals surface area contributed by atoms with Crippen molar-refractivity contribution in [3.05, 3.63) is 33.8 Å². The molecule has 0 saturated heterocycles. The average Bonchev–Trinajstić information content (AvgIpc) is 2.77. The van der Waals surface area contributed by atoms with E-state index in [4.69, 9.17) is 10.8 Å². The molecule has 0 aliphatic carbocycles.